The minimum atomic E-state index is -1.27. The molecule has 0 aliphatic rings. The van der Waals surface area contributed by atoms with Crippen molar-refractivity contribution in [1.29, 1.82) is 0 Å². The van der Waals surface area contributed by atoms with Gasteiger partial charge in [-0.25, -0.2) is 4.39 Å². The lowest BCUT2D eigenvalue weighted by atomic mass is 10.2. The molecule has 8 heteroatoms. The first-order valence-electron chi connectivity index (χ1n) is 5.05. The number of halogens is 2. The first kappa shape index (κ1) is 15.3. The van der Waals surface area contributed by atoms with Crippen LogP contribution in [0.2, 0.25) is 0 Å². The predicted octanol–water partition coefficient (Wildman–Crippen LogP) is 0.442. The van der Waals surface area contributed by atoms with Gasteiger partial charge in [-0.1, -0.05) is 0 Å². The number of nitrogens with zero attached hydrogens (tertiary/aromatic N) is 1. The normalized spacial score (nSPS) is 10.0. The summed E-state index contributed by atoms with van der Waals surface area (Å²) in [6.45, 7) is -1.17. The molecule has 0 atom stereocenters. The predicted molar refractivity (Wildman–Crippen MR) is 71.9 cm³/mol. The van der Waals surface area contributed by atoms with Crippen LogP contribution < -0.4 is 5.73 Å². The second-order valence-corrected chi connectivity index (χ2v) is 4.81. The molecule has 1 aromatic carbocycles. The van der Waals surface area contributed by atoms with Crippen LogP contribution in [0.3, 0.4) is 0 Å². The summed E-state index contributed by atoms with van der Waals surface area (Å²) in [6.07, 6.45) is 0. The van der Waals surface area contributed by atoms with E-state index >= 15 is 0 Å². The van der Waals surface area contributed by atoms with Crippen molar-refractivity contribution in [3.05, 3.63) is 33.1 Å². The standard InChI is InChI=1S/C11H10FIN2O4/c12-6-1-2-7(8(13)3-6)11(19)15(4-9(14)16)5-10(17)18/h1-3H,4-5H2,(H2,14,16)(H,17,18). The summed E-state index contributed by atoms with van der Waals surface area (Å²) in [5, 5.41) is 8.70. The maximum Gasteiger partial charge on any atom is 0.323 e. The van der Waals surface area contributed by atoms with Crippen LogP contribution in [0.15, 0.2) is 18.2 Å². The average molecular weight is 380 g/mol. The van der Waals surface area contributed by atoms with Crippen LogP contribution in [-0.2, 0) is 9.59 Å². The highest BCUT2D eigenvalue weighted by molar-refractivity contribution is 14.1. The van der Waals surface area contributed by atoms with Crippen molar-refractivity contribution in [2.24, 2.45) is 5.73 Å². The molecule has 0 fully saturated rings. The molecule has 0 radical (unpaired) electrons. The SMILES string of the molecule is NC(=O)CN(CC(=O)O)C(=O)c1ccc(F)cc1I. The zero-order valence-electron chi connectivity index (χ0n) is 9.60. The van der Waals surface area contributed by atoms with Crippen molar-refractivity contribution >= 4 is 40.4 Å². The lowest BCUT2D eigenvalue weighted by Crippen LogP contribution is -2.41. The molecule has 0 bridgehead atoms. The Morgan fingerprint density at radius 3 is 2.42 bits per heavy atom. The largest absolute Gasteiger partial charge is 0.480 e. The van der Waals surface area contributed by atoms with Crippen LogP contribution in [-0.4, -0.2) is 40.9 Å². The van der Waals surface area contributed by atoms with E-state index in [2.05, 4.69) is 0 Å². The summed E-state index contributed by atoms with van der Waals surface area (Å²) >= 11 is 1.75. The van der Waals surface area contributed by atoms with E-state index in [-0.39, 0.29) is 5.56 Å². The summed E-state index contributed by atoms with van der Waals surface area (Å²) in [5.74, 6) is -3.30. The maximum absolute atomic E-state index is 12.9. The van der Waals surface area contributed by atoms with Crippen molar-refractivity contribution in [1.82, 2.24) is 4.90 Å². The van der Waals surface area contributed by atoms with Gasteiger partial charge in [0.1, 0.15) is 18.9 Å². The topological polar surface area (TPSA) is 101 Å². The van der Waals surface area contributed by atoms with Gasteiger partial charge in [0, 0.05) is 3.57 Å². The molecule has 0 saturated heterocycles. The molecular formula is C11H10FIN2O4. The monoisotopic (exact) mass is 380 g/mol. The molecule has 102 valence electrons. The Labute approximate surface area is 121 Å². The van der Waals surface area contributed by atoms with Crippen LogP contribution in [0.1, 0.15) is 10.4 Å². The minimum absolute atomic E-state index is 0.115. The Balaban J connectivity index is 3.04. The van der Waals surface area contributed by atoms with Gasteiger partial charge >= 0.3 is 5.97 Å². The van der Waals surface area contributed by atoms with Crippen LogP contribution in [0.4, 0.5) is 4.39 Å². The third kappa shape index (κ3) is 4.47. The smallest absolute Gasteiger partial charge is 0.323 e. The fourth-order valence-corrected chi connectivity index (χ4v) is 2.09. The van der Waals surface area contributed by atoms with Crippen LogP contribution in [0, 0.1) is 9.39 Å². The summed E-state index contributed by atoms with van der Waals surface area (Å²) in [6, 6.07) is 3.45. The second kappa shape index (κ2) is 6.45. The molecule has 0 aliphatic carbocycles. The number of carbonyl (C=O) groups excluding carboxylic acids is 2. The van der Waals surface area contributed by atoms with E-state index in [1.54, 1.807) is 22.6 Å². The second-order valence-electron chi connectivity index (χ2n) is 3.65. The number of carboxylic acids is 1. The number of rotatable bonds is 5. The van der Waals surface area contributed by atoms with E-state index in [4.69, 9.17) is 10.8 Å². The van der Waals surface area contributed by atoms with Gasteiger partial charge in [-0.15, -0.1) is 0 Å². The van der Waals surface area contributed by atoms with Crippen molar-refractivity contribution in [3.63, 3.8) is 0 Å². The highest BCUT2D eigenvalue weighted by Crippen LogP contribution is 2.16. The Morgan fingerprint density at radius 2 is 1.95 bits per heavy atom. The molecule has 0 saturated carbocycles. The van der Waals surface area contributed by atoms with Crippen LogP contribution >= 0.6 is 22.6 Å². The van der Waals surface area contributed by atoms with Gasteiger partial charge in [-0.2, -0.15) is 0 Å². The number of hydrogen-bond acceptors (Lipinski definition) is 3. The Hall–Kier alpha value is -1.71. The average Bonchev–Trinajstić information content (AvgIpc) is 2.26. The Bertz CT molecular complexity index is 519. The number of benzene rings is 1. The number of aliphatic carboxylic acids is 1. The third-order valence-corrected chi connectivity index (χ3v) is 3.01. The molecule has 0 aliphatic heterocycles. The van der Waals surface area contributed by atoms with Crippen molar-refractivity contribution < 1.29 is 23.9 Å². The van der Waals surface area contributed by atoms with E-state index in [0.29, 0.717) is 3.57 Å². The third-order valence-electron chi connectivity index (χ3n) is 2.12. The van der Waals surface area contributed by atoms with Gasteiger partial charge in [0.25, 0.3) is 5.91 Å². The molecule has 2 amide bonds. The Kier molecular flexibility index (Phi) is 5.21. The molecule has 0 spiro atoms. The molecule has 0 heterocycles. The molecule has 19 heavy (non-hydrogen) atoms. The van der Waals surface area contributed by atoms with Crippen LogP contribution in [0.25, 0.3) is 0 Å². The lowest BCUT2D eigenvalue weighted by Gasteiger charge is -2.19. The molecule has 3 N–H and O–H groups in total. The van der Waals surface area contributed by atoms with Gasteiger partial charge in [0.15, 0.2) is 0 Å². The van der Waals surface area contributed by atoms with Crippen LogP contribution in [0.5, 0.6) is 0 Å². The van der Waals surface area contributed by atoms with E-state index in [0.717, 1.165) is 17.0 Å². The first-order chi connectivity index (χ1) is 8.81. The van der Waals surface area contributed by atoms with E-state index in [1.165, 1.54) is 6.07 Å². The number of primary amides is 1. The van der Waals surface area contributed by atoms with Gasteiger partial charge < -0.3 is 15.7 Å². The highest BCUT2D eigenvalue weighted by atomic mass is 127. The van der Waals surface area contributed by atoms with Gasteiger partial charge in [0.2, 0.25) is 5.91 Å². The van der Waals surface area contributed by atoms with E-state index in [1.807, 2.05) is 0 Å². The molecule has 0 aromatic heterocycles. The van der Waals surface area contributed by atoms with Gasteiger partial charge in [0.05, 0.1) is 5.56 Å². The van der Waals surface area contributed by atoms with Gasteiger partial charge in [-0.05, 0) is 40.8 Å². The molecule has 1 aromatic rings. The lowest BCUT2D eigenvalue weighted by molar-refractivity contribution is -0.138. The number of carboxylic acid groups (broad SMARTS) is 1. The zero-order chi connectivity index (χ0) is 14.6. The first-order valence-corrected chi connectivity index (χ1v) is 6.13. The maximum atomic E-state index is 12.9. The number of hydrogen-bond donors (Lipinski definition) is 2. The molecular weight excluding hydrogens is 370 g/mol. The summed E-state index contributed by atoms with van der Waals surface area (Å²) < 4.78 is 13.3. The number of nitrogens with two attached hydrogens (primary N) is 1. The number of carbonyl (C=O) groups is 3. The van der Waals surface area contributed by atoms with E-state index in [9.17, 15) is 18.8 Å². The highest BCUT2D eigenvalue weighted by Gasteiger charge is 2.22. The minimum Gasteiger partial charge on any atom is -0.480 e. The van der Waals surface area contributed by atoms with Gasteiger partial charge in [-0.3, -0.25) is 14.4 Å². The quantitative estimate of drug-likeness (QED) is 0.725. The summed E-state index contributed by atoms with van der Waals surface area (Å²) in [4.78, 5) is 34.4. The summed E-state index contributed by atoms with van der Waals surface area (Å²) in [5.41, 5.74) is 5.07. The van der Waals surface area contributed by atoms with Crippen molar-refractivity contribution in [2.75, 3.05) is 13.1 Å². The number of amides is 2. The molecule has 0 unspecified atom stereocenters. The Morgan fingerprint density at radius 1 is 1.32 bits per heavy atom. The zero-order valence-corrected chi connectivity index (χ0v) is 11.8. The summed E-state index contributed by atoms with van der Waals surface area (Å²) in [7, 11) is 0. The van der Waals surface area contributed by atoms with Crippen molar-refractivity contribution in [3.8, 4) is 0 Å². The van der Waals surface area contributed by atoms with E-state index < -0.39 is 36.7 Å². The molecule has 6 nitrogen and oxygen atoms in total. The van der Waals surface area contributed by atoms with Crippen molar-refractivity contribution in [2.45, 2.75) is 0 Å². The fraction of sp³-hybridized carbons (Fsp3) is 0.182. The molecule has 1 rings (SSSR count). The fourth-order valence-electron chi connectivity index (χ4n) is 1.38.